The molecule has 1 aliphatic heterocycles. The van der Waals surface area contributed by atoms with Crippen molar-refractivity contribution in [1.29, 1.82) is 0 Å². The third-order valence-corrected chi connectivity index (χ3v) is 5.09. The van der Waals surface area contributed by atoms with Gasteiger partial charge in [-0.15, -0.1) is 36.2 Å². The minimum atomic E-state index is 0. The van der Waals surface area contributed by atoms with Crippen LogP contribution in [0.1, 0.15) is 16.5 Å². The van der Waals surface area contributed by atoms with Gasteiger partial charge >= 0.3 is 0 Å². The van der Waals surface area contributed by atoms with Crippen molar-refractivity contribution in [2.24, 2.45) is 0 Å². The molecule has 1 aliphatic rings. The average molecular weight is 457 g/mol. The van der Waals surface area contributed by atoms with Gasteiger partial charge in [0.15, 0.2) is 0 Å². The Balaban J connectivity index is 0.00000110. The van der Waals surface area contributed by atoms with Crippen molar-refractivity contribution in [2.75, 3.05) is 26.2 Å². The number of halogens is 3. The van der Waals surface area contributed by atoms with Gasteiger partial charge in [-0.05, 0) is 51.7 Å². The van der Waals surface area contributed by atoms with Crippen LogP contribution in [-0.4, -0.2) is 31.1 Å². The van der Waals surface area contributed by atoms with Crippen LogP contribution in [0.5, 0.6) is 0 Å². The summed E-state index contributed by atoms with van der Waals surface area (Å²) in [5.41, 5.74) is 1.41. The van der Waals surface area contributed by atoms with E-state index < -0.39 is 0 Å². The fourth-order valence-electron chi connectivity index (χ4n) is 2.62. The highest BCUT2D eigenvalue weighted by Gasteiger charge is 2.24. The molecule has 0 amide bonds. The molecule has 0 saturated carbocycles. The highest BCUT2D eigenvalue weighted by molar-refractivity contribution is 14.1. The summed E-state index contributed by atoms with van der Waals surface area (Å²) in [5, 5.41) is 5.62. The van der Waals surface area contributed by atoms with Gasteiger partial charge in [0.05, 0.1) is 6.04 Å². The van der Waals surface area contributed by atoms with Gasteiger partial charge in [-0.1, -0.05) is 18.2 Å². The van der Waals surface area contributed by atoms with Crippen LogP contribution in [0.4, 0.5) is 0 Å². The van der Waals surface area contributed by atoms with E-state index in [9.17, 15) is 0 Å². The first-order chi connectivity index (χ1) is 9.34. The number of hydrogen-bond donors (Lipinski definition) is 1. The van der Waals surface area contributed by atoms with E-state index in [1.54, 1.807) is 0 Å². The molecule has 116 valence electrons. The molecule has 0 spiro atoms. The Labute approximate surface area is 156 Å². The van der Waals surface area contributed by atoms with Crippen LogP contribution in [0.15, 0.2) is 41.8 Å². The zero-order valence-corrected chi connectivity index (χ0v) is 16.1. The lowest BCUT2D eigenvalue weighted by Gasteiger charge is -2.34. The predicted molar refractivity (Wildman–Crippen MR) is 104 cm³/mol. The van der Waals surface area contributed by atoms with Crippen LogP contribution in [0.3, 0.4) is 0 Å². The second-order valence-corrected chi connectivity index (χ2v) is 6.98. The molecule has 1 aromatic heterocycles. The summed E-state index contributed by atoms with van der Waals surface area (Å²) in [6.45, 7) is 4.42. The molecule has 0 bridgehead atoms. The van der Waals surface area contributed by atoms with Crippen molar-refractivity contribution >= 4 is 58.7 Å². The maximum Gasteiger partial charge on any atom is 0.0697 e. The molecule has 1 fully saturated rings. The monoisotopic (exact) mass is 456 g/mol. The molecular formula is C15H19Cl2IN2S. The van der Waals surface area contributed by atoms with Crippen LogP contribution >= 0.6 is 58.7 Å². The Morgan fingerprint density at radius 3 is 2.48 bits per heavy atom. The van der Waals surface area contributed by atoms with E-state index in [4.69, 9.17) is 0 Å². The molecular weight excluding hydrogens is 438 g/mol. The molecule has 2 heterocycles. The maximum absolute atomic E-state index is 3.44. The molecule has 0 aliphatic carbocycles. The van der Waals surface area contributed by atoms with Crippen LogP contribution in [0.2, 0.25) is 0 Å². The van der Waals surface area contributed by atoms with E-state index in [2.05, 4.69) is 74.6 Å². The van der Waals surface area contributed by atoms with Gasteiger partial charge in [-0.3, -0.25) is 4.90 Å². The van der Waals surface area contributed by atoms with Gasteiger partial charge in [0.2, 0.25) is 0 Å². The molecule has 1 atom stereocenters. The molecule has 6 heteroatoms. The van der Waals surface area contributed by atoms with E-state index in [1.807, 2.05) is 11.3 Å². The predicted octanol–water partition coefficient (Wildman–Crippen LogP) is 4.19. The summed E-state index contributed by atoms with van der Waals surface area (Å²) in [4.78, 5) is 4.04. The topological polar surface area (TPSA) is 15.3 Å². The van der Waals surface area contributed by atoms with E-state index in [-0.39, 0.29) is 24.8 Å². The van der Waals surface area contributed by atoms with Gasteiger partial charge in [-0.25, -0.2) is 0 Å². The van der Waals surface area contributed by atoms with Crippen molar-refractivity contribution in [2.45, 2.75) is 6.04 Å². The zero-order valence-electron chi connectivity index (χ0n) is 11.5. The number of thiophene rings is 1. The third kappa shape index (κ3) is 4.81. The summed E-state index contributed by atoms with van der Waals surface area (Å²) in [6.07, 6.45) is 0. The molecule has 2 nitrogen and oxygen atoms in total. The molecule has 1 saturated heterocycles. The minimum absolute atomic E-state index is 0. The normalized spacial score (nSPS) is 16.6. The quantitative estimate of drug-likeness (QED) is 0.696. The number of rotatable bonds is 3. The standard InChI is InChI=1S/C15H17IN2S.2ClH/c16-13-4-1-3-12(11-13)15(14-5-2-10-19-14)18-8-6-17-7-9-18;;/h1-5,10-11,15,17H,6-9H2;2*1H/t15-;;/m1../s1. The first kappa shape index (κ1) is 19.2. The molecule has 1 N–H and O–H groups in total. The SMILES string of the molecule is Cl.Cl.Ic1cccc([C@H](c2cccs2)N2CCNCC2)c1. The molecule has 2 aromatic rings. The second-order valence-electron chi connectivity index (χ2n) is 4.76. The van der Waals surface area contributed by atoms with Crippen LogP contribution in [-0.2, 0) is 0 Å². The van der Waals surface area contributed by atoms with Crippen molar-refractivity contribution < 1.29 is 0 Å². The van der Waals surface area contributed by atoms with Crippen molar-refractivity contribution in [3.8, 4) is 0 Å². The lowest BCUT2D eigenvalue weighted by atomic mass is 10.0. The van der Waals surface area contributed by atoms with Gasteiger partial charge < -0.3 is 5.32 Å². The number of benzene rings is 1. The van der Waals surface area contributed by atoms with Gasteiger partial charge in [0.25, 0.3) is 0 Å². The number of hydrogen-bond acceptors (Lipinski definition) is 3. The summed E-state index contributed by atoms with van der Waals surface area (Å²) < 4.78 is 1.31. The lowest BCUT2D eigenvalue weighted by Crippen LogP contribution is -2.45. The fourth-order valence-corrected chi connectivity index (χ4v) is 4.07. The largest absolute Gasteiger partial charge is 0.314 e. The lowest BCUT2D eigenvalue weighted by molar-refractivity contribution is 0.200. The second kappa shape index (κ2) is 9.33. The molecule has 0 radical (unpaired) electrons. The Bertz CT molecular complexity index is 530. The first-order valence-electron chi connectivity index (χ1n) is 6.58. The van der Waals surface area contributed by atoms with Gasteiger partial charge in [0.1, 0.15) is 0 Å². The van der Waals surface area contributed by atoms with E-state index in [0.29, 0.717) is 6.04 Å². The Kier molecular flexibility index (Phi) is 8.52. The summed E-state index contributed by atoms with van der Waals surface area (Å²) in [6, 6.07) is 13.7. The Morgan fingerprint density at radius 1 is 1.10 bits per heavy atom. The van der Waals surface area contributed by atoms with Crippen LogP contribution in [0, 0.1) is 3.57 Å². The van der Waals surface area contributed by atoms with Crippen molar-refractivity contribution in [3.05, 3.63) is 55.8 Å². The number of nitrogens with zero attached hydrogens (tertiary/aromatic N) is 1. The van der Waals surface area contributed by atoms with E-state index >= 15 is 0 Å². The summed E-state index contributed by atoms with van der Waals surface area (Å²) in [7, 11) is 0. The first-order valence-corrected chi connectivity index (χ1v) is 8.54. The van der Waals surface area contributed by atoms with Crippen molar-refractivity contribution in [3.63, 3.8) is 0 Å². The van der Waals surface area contributed by atoms with Crippen LogP contribution < -0.4 is 5.32 Å². The van der Waals surface area contributed by atoms with E-state index in [1.165, 1.54) is 14.0 Å². The summed E-state index contributed by atoms with van der Waals surface area (Å²) >= 11 is 4.26. The fraction of sp³-hybridized carbons (Fsp3) is 0.333. The van der Waals surface area contributed by atoms with Crippen molar-refractivity contribution in [1.82, 2.24) is 10.2 Å². The minimum Gasteiger partial charge on any atom is -0.314 e. The Hall–Kier alpha value is 0.150. The molecule has 21 heavy (non-hydrogen) atoms. The summed E-state index contributed by atoms with van der Waals surface area (Å²) in [5.74, 6) is 0. The maximum atomic E-state index is 3.44. The Morgan fingerprint density at radius 2 is 1.86 bits per heavy atom. The molecule has 3 rings (SSSR count). The number of nitrogens with one attached hydrogen (secondary N) is 1. The third-order valence-electron chi connectivity index (χ3n) is 3.49. The number of piperazine rings is 1. The zero-order chi connectivity index (χ0) is 13.1. The van der Waals surface area contributed by atoms with Gasteiger partial charge in [0, 0.05) is 34.6 Å². The highest BCUT2D eigenvalue weighted by Crippen LogP contribution is 2.32. The molecule has 0 unspecified atom stereocenters. The van der Waals surface area contributed by atoms with Gasteiger partial charge in [-0.2, -0.15) is 0 Å². The average Bonchev–Trinajstić information content (AvgIpc) is 2.94. The molecule has 1 aromatic carbocycles. The van der Waals surface area contributed by atoms with E-state index in [0.717, 1.165) is 26.2 Å². The highest BCUT2D eigenvalue weighted by atomic mass is 127. The smallest absolute Gasteiger partial charge is 0.0697 e. The van der Waals surface area contributed by atoms with Crippen LogP contribution in [0.25, 0.3) is 0 Å².